The fraction of sp³-hybridized carbons (Fsp3) is 0.917. The van der Waals surface area contributed by atoms with Crippen molar-refractivity contribution in [2.75, 3.05) is 6.54 Å². The van der Waals surface area contributed by atoms with Crippen molar-refractivity contribution in [2.45, 2.75) is 63.0 Å². The summed E-state index contributed by atoms with van der Waals surface area (Å²) in [5, 5.41) is 5.99. The van der Waals surface area contributed by atoms with Gasteiger partial charge in [-0.2, -0.15) is 8.78 Å². The van der Waals surface area contributed by atoms with Gasteiger partial charge in [0.1, 0.15) is 0 Å². The molecule has 1 saturated heterocycles. The smallest absolute Gasteiger partial charge is 0.315 e. The standard InChI is InChI=1S/C12H20F2N2O/c13-10(14)11(17)16-9-4-7-15-12(8-9)5-2-1-3-6-12/h9-10,15H,1-8H2,(H,16,17). The number of amides is 1. The summed E-state index contributed by atoms with van der Waals surface area (Å²) in [5.74, 6) is -1.12. The van der Waals surface area contributed by atoms with Crippen molar-refractivity contribution in [3.63, 3.8) is 0 Å². The maximum absolute atomic E-state index is 12.2. The molecule has 2 fully saturated rings. The maximum atomic E-state index is 12.2. The summed E-state index contributed by atoms with van der Waals surface area (Å²) >= 11 is 0. The zero-order valence-electron chi connectivity index (χ0n) is 9.98. The third kappa shape index (κ3) is 3.15. The minimum absolute atomic E-state index is 0.0872. The van der Waals surface area contributed by atoms with E-state index in [9.17, 15) is 13.6 Å². The van der Waals surface area contributed by atoms with E-state index in [1.165, 1.54) is 19.3 Å². The second-order valence-corrected chi connectivity index (χ2v) is 5.27. The van der Waals surface area contributed by atoms with Crippen molar-refractivity contribution in [1.82, 2.24) is 10.6 Å². The summed E-state index contributed by atoms with van der Waals surface area (Å²) in [6.07, 6.45) is 4.52. The molecule has 0 radical (unpaired) electrons. The van der Waals surface area contributed by atoms with Crippen LogP contribution >= 0.6 is 0 Å². The molecular formula is C12H20F2N2O. The minimum atomic E-state index is -2.90. The van der Waals surface area contributed by atoms with E-state index in [4.69, 9.17) is 0 Å². The van der Waals surface area contributed by atoms with Crippen LogP contribution in [0.3, 0.4) is 0 Å². The van der Waals surface area contributed by atoms with Gasteiger partial charge in [-0.25, -0.2) is 0 Å². The highest BCUT2D eigenvalue weighted by atomic mass is 19.3. The first-order valence-corrected chi connectivity index (χ1v) is 6.45. The zero-order valence-corrected chi connectivity index (χ0v) is 9.98. The van der Waals surface area contributed by atoms with Crippen LogP contribution < -0.4 is 10.6 Å². The van der Waals surface area contributed by atoms with Crippen molar-refractivity contribution in [3.8, 4) is 0 Å². The Morgan fingerprint density at radius 1 is 1.29 bits per heavy atom. The third-order valence-corrected chi connectivity index (χ3v) is 3.99. The van der Waals surface area contributed by atoms with E-state index >= 15 is 0 Å². The molecule has 0 aromatic heterocycles. The predicted octanol–water partition coefficient (Wildman–Crippen LogP) is 1.82. The molecule has 1 unspecified atom stereocenters. The van der Waals surface area contributed by atoms with Crippen LogP contribution in [-0.4, -0.2) is 30.5 Å². The monoisotopic (exact) mass is 246 g/mol. The largest absolute Gasteiger partial charge is 0.348 e. The van der Waals surface area contributed by atoms with Gasteiger partial charge < -0.3 is 10.6 Å². The molecule has 2 rings (SSSR count). The van der Waals surface area contributed by atoms with E-state index in [1.807, 2.05) is 0 Å². The van der Waals surface area contributed by atoms with Crippen LogP contribution in [0.5, 0.6) is 0 Å². The predicted molar refractivity (Wildman–Crippen MR) is 61.0 cm³/mol. The molecule has 0 aromatic rings. The first-order chi connectivity index (χ1) is 8.11. The van der Waals surface area contributed by atoms with Crippen molar-refractivity contribution in [3.05, 3.63) is 0 Å². The summed E-state index contributed by atoms with van der Waals surface area (Å²) < 4.78 is 24.4. The number of hydrogen-bond acceptors (Lipinski definition) is 2. The molecule has 5 heteroatoms. The Kier molecular flexibility index (Phi) is 3.97. The number of halogens is 2. The fourth-order valence-electron chi connectivity index (χ4n) is 3.15. The van der Waals surface area contributed by atoms with Crippen molar-refractivity contribution < 1.29 is 13.6 Å². The zero-order chi connectivity index (χ0) is 12.3. The molecule has 17 heavy (non-hydrogen) atoms. The molecule has 0 aromatic carbocycles. The summed E-state index contributed by atoms with van der Waals surface area (Å²) in [6, 6.07) is -0.0872. The van der Waals surface area contributed by atoms with E-state index in [-0.39, 0.29) is 11.6 Å². The Morgan fingerprint density at radius 3 is 2.65 bits per heavy atom. The normalized spacial score (nSPS) is 28.3. The van der Waals surface area contributed by atoms with Gasteiger partial charge >= 0.3 is 6.43 Å². The lowest BCUT2D eigenvalue weighted by molar-refractivity contribution is -0.132. The molecule has 2 aliphatic rings. The van der Waals surface area contributed by atoms with Gasteiger partial charge in [0.2, 0.25) is 0 Å². The minimum Gasteiger partial charge on any atom is -0.348 e. The number of alkyl halides is 2. The highest BCUT2D eigenvalue weighted by Gasteiger charge is 2.37. The van der Waals surface area contributed by atoms with Gasteiger partial charge in [0.05, 0.1) is 0 Å². The van der Waals surface area contributed by atoms with Gasteiger partial charge in [0.15, 0.2) is 0 Å². The van der Waals surface area contributed by atoms with Crippen LogP contribution in [0.25, 0.3) is 0 Å². The molecule has 1 spiro atoms. The molecule has 1 atom stereocenters. The Balaban J connectivity index is 1.90. The van der Waals surface area contributed by atoms with Crippen LogP contribution in [-0.2, 0) is 4.79 Å². The Labute approximate surface area is 100 Å². The SMILES string of the molecule is O=C(NC1CCNC2(CCCCC2)C1)C(F)F. The highest BCUT2D eigenvalue weighted by molar-refractivity contribution is 5.79. The lowest BCUT2D eigenvalue weighted by Crippen LogP contribution is -2.57. The van der Waals surface area contributed by atoms with Gasteiger partial charge in [0.25, 0.3) is 5.91 Å². The number of piperidine rings is 1. The topological polar surface area (TPSA) is 41.1 Å². The number of nitrogens with one attached hydrogen (secondary N) is 2. The van der Waals surface area contributed by atoms with E-state index in [0.29, 0.717) is 0 Å². The quantitative estimate of drug-likeness (QED) is 0.780. The fourth-order valence-corrected chi connectivity index (χ4v) is 3.15. The molecule has 0 bridgehead atoms. The summed E-state index contributed by atoms with van der Waals surface area (Å²) in [7, 11) is 0. The molecule has 3 nitrogen and oxygen atoms in total. The molecule has 1 aliphatic heterocycles. The van der Waals surface area contributed by atoms with E-state index < -0.39 is 12.3 Å². The van der Waals surface area contributed by atoms with E-state index in [0.717, 1.165) is 32.2 Å². The second kappa shape index (κ2) is 5.29. The molecule has 1 saturated carbocycles. The van der Waals surface area contributed by atoms with Crippen LogP contribution in [0.2, 0.25) is 0 Å². The van der Waals surface area contributed by atoms with Crippen molar-refractivity contribution in [2.24, 2.45) is 0 Å². The average Bonchev–Trinajstić information content (AvgIpc) is 2.30. The lowest BCUT2D eigenvalue weighted by Gasteiger charge is -2.44. The average molecular weight is 246 g/mol. The van der Waals surface area contributed by atoms with Gasteiger partial charge in [-0.15, -0.1) is 0 Å². The molecule has 2 N–H and O–H groups in total. The molecule has 1 amide bonds. The summed E-state index contributed by atoms with van der Waals surface area (Å²) in [6.45, 7) is 0.814. The number of hydrogen-bond donors (Lipinski definition) is 2. The van der Waals surface area contributed by atoms with Gasteiger partial charge in [-0.05, 0) is 32.2 Å². The third-order valence-electron chi connectivity index (χ3n) is 3.99. The number of carbonyl (C=O) groups is 1. The maximum Gasteiger partial charge on any atom is 0.315 e. The first-order valence-electron chi connectivity index (χ1n) is 6.45. The molecule has 1 heterocycles. The van der Waals surface area contributed by atoms with Crippen molar-refractivity contribution in [1.29, 1.82) is 0 Å². The summed E-state index contributed by atoms with van der Waals surface area (Å²) in [5.41, 5.74) is 0.0938. The molecule has 98 valence electrons. The van der Waals surface area contributed by atoms with E-state index in [1.54, 1.807) is 0 Å². The Bertz CT molecular complexity index is 272. The van der Waals surface area contributed by atoms with E-state index in [2.05, 4.69) is 10.6 Å². The Hall–Kier alpha value is -0.710. The first kappa shape index (κ1) is 12.7. The lowest BCUT2D eigenvalue weighted by atomic mass is 9.75. The van der Waals surface area contributed by atoms with Crippen LogP contribution in [0.1, 0.15) is 44.9 Å². The van der Waals surface area contributed by atoms with Crippen molar-refractivity contribution >= 4 is 5.91 Å². The van der Waals surface area contributed by atoms with Crippen LogP contribution in [0.15, 0.2) is 0 Å². The van der Waals surface area contributed by atoms with Crippen LogP contribution in [0, 0.1) is 0 Å². The highest BCUT2D eigenvalue weighted by Crippen LogP contribution is 2.34. The van der Waals surface area contributed by atoms with Gasteiger partial charge in [-0.3, -0.25) is 4.79 Å². The van der Waals surface area contributed by atoms with Crippen LogP contribution in [0.4, 0.5) is 8.78 Å². The molecular weight excluding hydrogens is 226 g/mol. The van der Waals surface area contributed by atoms with Gasteiger partial charge in [-0.1, -0.05) is 19.3 Å². The number of carbonyl (C=O) groups excluding carboxylic acids is 1. The second-order valence-electron chi connectivity index (χ2n) is 5.27. The summed E-state index contributed by atoms with van der Waals surface area (Å²) in [4.78, 5) is 11.0. The van der Waals surface area contributed by atoms with Gasteiger partial charge in [0, 0.05) is 11.6 Å². The number of rotatable bonds is 2. The Morgan fingerprint density at radius 2 is 2.00 bits per heavy atom. The molecule has 1 aliphatic carbocycles.